The second kappa shape index (κ2) is 12.3. The van der Waals surface area contributed by atoms with E-state index in [4.69, 9.17) is 0 Å². The fourth-order valence-electron chi connectivity index (χ4n) is 4.28. The molecule has 1 aromatic carbocycles. The SMILES string of the molecule is CCCN(CCC)S(=O)(=O)c1ccc(C(=O)NC2CCC(Nc3nccc(N(C)C)n3)CC2)cc1. The van der Waals surface area contributed by atoms with Gasteiger partial charge < -0.3 is 15.5 Å². The van der Waals surface area contributed by atoms with Crippen molar-refractivity contribution in [1.29, 1.82) is 0 Å². The number of hydrogen-bond donors (Lipinski definition) is 2. The monoisotopic (exact) mass is 502 g/mol. The highest BCUT2D eigenvalue weighted by Gasteiger charge is 2.25. The smallest absolute Gasteiger partial charge is 0.251 e. The van der Waals surface area contributed by atoms with E-state index in [0.29, 0.717) is 24.6 Å². The Bertz CT molecular complexity index is 1060. The molecule has 1 aliphatic rings. The molecule has 1 aliphatic carbocycles. The quantitative estimate of drug-likeness (QED) is 0.484. The number of carbonyl (C=O) groups is 1. The molecule has 35 heavy (non-hydrogen) atoms. The zero-order valence-corrected chi connectivity index (χ0v) is 22.0. The molecule has 1 saturated carbocycles. The Morgan fingerprint density at radius 2 is 1.57 bits per heavy atom. The molecule has 1 amide bonds. The maximum atomic E-state index is 12.9. The summed E-state index contributed by atoms with van der Waals surface area (Å²) in [7, 11) is 0.336. The summed E-state index contributed by atoms with van der Waals surface area (Å²) in [5.74, 6) is 1.30. The van der Waals surface area contributed by atoms with Crippen LogP contribution < -0.4 is 15.5 Å². The van der Waals surface area contributed by atoms with E-state index < -0.39 is 10.0 Å². The maximum absolute atomic E-state index is 12.9. The van der Waals surface area contributed by atoms with Gasteiger partial charge in [-0.2, -0.15) is 9.29 Å². The minimum atomic E-state index is -3.55. The average molecular weight is 503 g/mol. The normalized spacial score (nSPS) is 18.3. The van der Waals surface area contributed by atoms with Crippen molar-refractivity contribution >= 4 is 27.7 Å². The van der Waals surface area contributed by atoms with Gasteiger partial charge in [0.2, 0.25) is 16.0 Å². The molecule has 9 nitrogen and oxygen atoms in total. The van der Waals surface area contributed by atoms with Gasteiger partial charge in [0.05, 0.1) is 4.90 Å². The molecule has 10 heteroatoms. The van der Waals surface area contributed by atoms with Crippen molar-refractivity contribution in [1.82, 2.24) is 19.6 Å². The Labute approximate surface area is 209 Å². The van der Waals surface area contributed by atoms with Crippen LogP contribution in [-0.4, -0.2) is 67.9 Å². The fraction of sp³-hybridized carbons (Fsp3) is 0.560. The van der Waals surface area contributed by atoms with Gasteiger partial charge in [-0.15, -0.1) is 0 Å². The number of nitrogens with one attached hydrogen (secondary N) is 2. The lowest BCUT2D eigenvalue weighted by atomic mass is 9.91. The van der Waals surface area contributed by atoms with E-state index in [1.165, 1.54) is 16.4 Å². The summed E-state index contributed by atoms with van der Waals surface area (Å²) in [5.41, 5.74) is 0.468. The van der Waals surface area contributed by atoms with Crippen molar-refractivity contribution in [2.24, 2.45) is 0 Å². The molecule has 1 heterocycles. The van der Waals surface area contributed by atoms with Crippen LogP contribution in [0.2, 0.25) is 0 Å². The minimum Gasteiger partial charge on any atom is -0.363 e. The Kier molecular flexibility index (Phi) is 9.45. The van der Waals surface area contributed by atoms with Gasteiger partial charge in [0.1, 0.15) is 5.82 Å². The van der Waals surface area contributed by atoms with Crippen LogP contribution in [0.1, 0.15) is 62.7 Å². The van der Waals surface area contributed by atoms with E-state index in [0.717, 1.165) is 44.3 Å². The summed E-state index contributed by atoms with van der Waals surface area (Å²) in [4.78, 5) is 23.8. The molecule has 1 aromatic heterocycles. The van der Waals surface area contributed by atoms with Crippen LogP contribution >= 0.6 is 0 Å². The van der Waals surface area contributed by atoms with Crippen molar-refractivity contribution in [3.05, 3.63) is 42.1 Å². The Balaban J connectivity index is 1.53. The lowest BCUT2D eigenvalue weighted by Gasteiger charge is -2.29. The van der Waals surface area contributed by atoms with Crippen LogP contribution in [0.25, 0.3) is 0 Å². The largest absolute Gasteiger partial charge is 0.363 e. The van der Waals surface area contributed by atoms with Crippen LogP contribution in [0.15, 0.2) is 41.4 Å². The van der Waals surface area contributed by atoms with Crippen LogP contribution in [-0.2, 0) is 10.0 Å². The van der Waals surface area contributed by atoms with E-state index in [1.54, 1.807) is 18.3 Å². The van der Waals surface area contributed by atoms with Gasteiger partial charge in [0, 0.05) is 51.0 Å². The highest BCUT2D eigenvalue weighted by molar-refractivity contribution is 7.89. The van der Waals surface area contributed by atoms with E-state index >= 15 is 0 Å². The van der Waals surface area contributed by atoms with E-state index in [9.17, 15) is 13.2 Å². The number of hydrogen-bond acceptors (Lipinski definition) is 7. The summed E-state index contributed by atoms with van der Waals surface area (Å²) < 4.78 is 27.4. The third-order valence-electron chi connectivity index (χ3n) is 6.19. The minimum absolute atomic E-state index is 0.0857. The van der Waals surface area contributed by atoms with Gasteiger partial charge in [0.15, 0.2) is 0 Å². The van der Waals surface area contributed by atoms with Crippen LogP contribution in [0.4, 0.5) is 11.8 Å². The first-order valence-corrected chi connectivity index (χ1v) is 13.9. The molecule has 0 bridgehead atoms. The summed E-state index contributed by atoms with van der Waals surface area (Å²) >= 11 is 0. The molecule has 0 unspecified atom stereocenters. The Morgan fingerprint density at radius 3 is 2.14 bits per heavy atom. The first-order valence-electron chi connectivity index (χ1n) is 12.4. The van der Waals surface area contributed by atoms with Crippen LogP contribution in [0, 0.1) is 0 Å². The zero-order chi connectivity index (χ0) is 25.4. The van der Waals surface area contributed by atoms with Gasteiger partial charge in [-0.3, -0.25) is 4.79 Å². The predicted octanol–water partition coefficient (Wildman–Crippen LogP) is 3.51. The lowest BCUT2D eigenvalue weighted by molar-refractivity contribution is 0.0926. The zero-order valence-electron chi connectivity index (χ0n) is 21.2. The molecular formula is C25H38N6O3S. The second-order valence-corrected chi connectivity index (χ2v) is 11.2. The van der Waals surface area contributed by atoms with Crippen LogP contribution in [0.3, 0.4) is 0 Å². The van der Waals surface area contributed by atoms with E-state index in [1.807, 2.05) is 38.9 Å². The highest BCUT2D eigenvalue weighted by atomic mass is 32.2. The second-order valence-electron chi connectivity index (χ2n) is 9.23. The summed E-state index contributed by atoms with van der Waals surface area (Å²) in [5, 5.41) is 6.51. The molecule has 3 rings (SSSR count). The average Bonchev–Trinajstić information content (AvgIpc) is 2.85. The van der Waals surface area contributed by atoms with Crippen molar-refractivity contribution in [2.75, 3.05) is 37.4 Å². The Hall–Kier alpha value is -2.72. The summed E-state index contributed by atoms with van der Waals surface area (Å²) in [6, 6.07) is 8.48. The molecule has 2 N–H and O–H groups in total. The number of benzene rings is 1. The molecule has 0 aliphatic heterocycles. The third kappa shape index (κ3) is 7.14. The number of nitrogens with zero attached hydrogens (tertiary/aromatic N) is 4. The van der Waals surface area contributed by atoms with Gasteiger partial charge in [0.25, 0.3) is 5.91 Å². The third-order valence-corrected chi connectivity index (χ3v) is 8.11. The van der Waals surface area contributed by atoms with E-state index in [-0.39, 0.29) is 22.9 Å². The number of carbonyl (C=O) groups excluding carboxylic acids is 1. The number of rotatable bonds is 11. The lowest BCUT2D eigenvalue weighted by Crippen LogP contribution is -2.40. The molecule has 0 spiro atoms. The van der Waals surface area contributed by atoms with Gasteiger partial charge >= 0.3 is 0 Å². The fourth-order valence-corrected chi connectivity index (χ4v) is 5.90. The summed E-state index contributed by atoms with van der Waals surface area (Å²) in [6.45, 7) is 4.91. The summed E-state index contributed by atoms with van der Waals surface area (Å²) in [6.07, 6.45) is 6.78. The molecular weight excluding hydrogens is 464 g/mol. The van der Waals surface area contributed by atoms with Crippen LogP contribution in [0.5, 0.6) is 0 Å². The topological polar surface area (TPSA) is 108 Å². The standard InChI is InChI=1S/C25H38N6O3S/c1-5-17-31(18-6-2)35(33,34)22-13-7-19(8-14-22)24(32)27-20-9-11-21(12-10-20)28-25-26-16-15-23(29-25)30(3)4/h7-8,13-16,20-21H,5-6,9-12,17-18H2,1-4H3,(H,27,32)(H,26,28,29). The Morgan fingerprint density at radius 1 is 0.971 bits per heavy atom. The molecule has 192 valence electrons. The molecule has 0 atom stereocenters. The van der Waals surface area contributed by atoms with Gasteiger partial charge in [-0.05, 0) is 68.9 Å². The number of sulfonamides is 1. The first-order chi connectivity index (χ1) is 16.7. The maximum Gasteiger partial charge on any atom is 0.251 e. The van der Waals surface area contributed by atoms with Crippen molar-refractivity contribution in [3.63, 3.8) is 0 Å². The molecule has 2 aromatic rings. The molecule has 1 fully saturated rings. The van der Waals surface area contributed by atoms with Gasteiger partial charge in [-0.25, -0.2) is 13.4 Å². The van der Waals surface area contributed by atoms with Crippen molar-refractivity contribution in [3.8, 4) is 0 Å². The number of amides is 1. The van der Waals surface area contributed by atoms with Crippen molar-refractivity contribution < 1.29 is 13.2 Å². The predicted molar refractivity (Wildman–Crippen MR) is 139 cm³/mol. The van der Waals surface area contributed by atoms with E-state index in [2.05, 4.69) is 20.6 Å². The molecule has 0 radical (unpaired) electrons. The van der Waals surface area contributed by atoms with Gasteiger partial charge in [-0.1, -0.05) is 13.8 Å². The number of anilines is 2. The number of aromatic nitrogens is 2. The highest BCUT2D eigenvalue weighted by Crippen LogP contribution is 2.23. The first kappa shape index (κ1) is 26.9. The van der Waals surface area contributed by atoms with Crippen molar-refractivity contribution in [2.45, 2.75) is 69.4 Å². The molecule has 0 saturated heterocycles.